The van der Waals surface area contributed by atoms with Crippen molar-refractivity contribution in [3.8, 4) is 0 Å². The van der Waals surface area contributed by atoms with Gasteiger partial charge in [-0.15, -0.1) is 0 Å². The Morgan fingerprint density at radius 1 is 1.10 bits per heavy atom. The first-order valence-corrected chi connectivity index (χ1v) is 7.71. The van der Waals surface area contributed by atoms with Gasteiger partial charge in [0.05, 0.1) is 6.61 Å². The Morgan fingerprint density at radius 3 is 2.48 bits per heavy atom. The van der Waals surface area contributed by atoms with Gasteiger partial charge >= 0.3 is 0 Å². The first-order chi connectivity index (χ1) is 10.1. The lowest BCUT2D eigenvalue weighted by Crippen LogP contribution is -2.36. The summed E-state index contributed by atoms with van der Waals surface area (Å²) in [6.07, 6.45) is 0.764. The van der Waals surface area contributed by atoms with Crippen LogP contribution in [0.15, 0.2) is 48.5 Å². The quantitative estimate of drug-likeness (QED) is 0.833. The van der Waals surface area contributed by atoms with Crippen LogP contribution in [0.25, 0.3) is 0 Å². The van der Waals surface area contributed by atoms with Crippen LogP contribution in [-0.4, -0.2) is 17.8 Å². The molecule has 0 spiro atoms. The molecule has 0 aliphatic heterocycles. The Morgan fingerprint density at radius 2 is 1.81 bits per heavy atom. The summed E-state index contributed by atoms with van der Waals surface area (Å²) in [5.74, 6) is 0. The van der Waals surface area contributed by atoms with E-state index in [9.17, 15) is 5.11 Å². The summed E-state index contributed by atoms with van der Waals surface area (Å²) in [6.45, 7) is 2.09. The summed E-state index contributed by atoms with van der Waals surface area (Å²) >= 11 is 12.2. The molecule has 0 radical (unpaired) electrons. The lowest BCUT2D eigenvalue weighted by Gasteiger charge is -2.23. The lowest BCUT2D eigenvalue weighted by atomic mass is 10.0. The SMILES string of the molecule is CC(N[C@@H](CO)Cc1ccccc1)c1cc(Cl)ccc1Cl. The van der Waals surface area contributed by atoms with Crippen molar-refractivity contribution in [1.29, 1.82) is 0 Å². The molecular weight excluding hydrogens is 305 g/mol. The second-order valence-electron chi connectivity index (χ2n) is 5.12. The normalized spacial score (nSPS) is 13.9. The highest BCUT2D eigenvalue weighted by Crippen LogP contribution is 2.26. The van der Waals surface area contributed by atoms with E-state index in [0.29, 0.717) is 10.0 Å². The minimum Gasteiger partial charge on any atom is -0.395 e. The Balaban J connectivity index is 2.05. The van der Waals surface area contributed by atoms with Crippen LogP contribution < -0.4 is 5.32 Å². The number of aliphatic hydroxyl groups excluding tert-OH is 1. The van der Waals surface area contributed by atoms with Gasteiger partial charge in [0.1, 0.15) is 0 Å². The number of hydrogen-bond acceptors (Lipinski definition) is 2. The highest BCUT2D eigenvalue weighted by molar-refractivity contribution is 6.33. The third-order valence-corrected chi connectivity index (χ3v) is 4.03. The maximum absolute atomic E-state index is 9.59. The Bertz CT molecular complexity index is 574. The van der Waals surface area contributed by atoms with E-state index in [-0.39, 0.29) is 18.7 Å². The average Bonchev–Trinajstić information content (AvgIpc) is 2.50. The van der Waals surface area contributed by atoms with Crippen molar-refractivity contribution in [2.45, 2.75) is 25.4 Å². The smallest absolute Gasteiger partial charge is 0.0588 e. The summed E-state index contributed by atoms with van der Waals surface area (Å²) in [5, 5.41) is 14.3. The minimum absolute atomic E-state index is 0.0112. The van der Waals surface area contributed by atoms with Gasteiger partial charge in [-0.25, -0.2) is 0 Å². The molecule has 2 aromatic rings. The fourth-order valence-corrected chi connectivity index (χ4v) is 2.83. The van der Waals surface area contributed by atoms with E-state index < -0.39 is 0 Å². The van der Waals surface area contributed by atoms with Crippen molar-refractivity contribution in [2.24, 2.45) is 0 Å². The molecule has 1 unspecified atom stereocenters. The fraction of sp³-hybridized carbons (Fsp3) is 0.294. The Kier molecular flexibility index (Phi) is 6.07. The minimum atomic E-state index is -0.0301. The molecule has 2 atom stereocenters. The zero-order chi connectivity index (χ0) is 15.2. The van der Waals surface area contributed by atoms with Gasteiger partial charge in [-0.1, -0.05) is 53.5 Å². The Hall–Kier alpha value is -1.06. The molecule has 0 aliphatic rings. The number of halogens is 2. The molecule has 0 saturated heterocycles. The summed E-state index contributed by atoms with van der Waals surface area (Å²) in [5.41, 5.74) is 2.13. The predicted octanol–water partition coefficient (Wildman–Crippen LogP) is 4.25. The topological polar surface area (TPSA) is 32.3 Å². The molecule has 0 saturated carbocycles. The molecule has 112 valence electrons. The van der Waals surface area contributed by atoms with Gasteiger partial charge in [-0.05, 0) is 42.7 Å². The van der Waals surface area contributed by atoms with Gasteiger partial charge in [0, 0.05) is 22.1 Å². The summed E-state index contributed by atoms with van der Waals surface area (Å²) in [6, 6.07) is 15.5. The van der Waals surface area contributed by atoms with E-state index in [0.717, 1.165) is 12.0 Å². The molecule has 21 heavy (non-hydrogen) atoms. The van der Waals surface area contributed by atoms with Gasteiger partial charge in [-0.2, -0.15) is 0 Å². The Labute approximate surface area is 135 Å². The molecular formula is C17H19Cl2NO. The second kappa shape index (κ2) is 7.81. The summed E-state index contributed by atoms with van der Waals surface area (Å²) in [7, 11) is 0. The number of benzene rings is 2. The maximum Gasteiger partial charge on any atom is 0.0588 e. The van der Waals surface area contributed by atoms with Gasteiger partial charge < -0.3 is 10.4 Å². The monoisotopic (exact) mass is 323 g/mol. The molecule has 2 aromatic carbocycles. The van der Waals surface area contributed by atoms with E-state index in [2.05, 4.69) is 17.4 Å². The van der Waals surface area contributed by atoms with Gasteiger partial charge in [0.2, 0.25) is 0 Å². The van der Waals surface area contributed by atoms with Crippen LogP contribution in [0.2, 0.25) is 10.0 Å². The van der Waals surface area contributed by atoms with E-state index in [1.807, 2.05) is 31.2 Å². The van der Waals surface area contributed by atoms with Crippen LogP contribution in [0.3, 0.4) is 0 Å². The number of nitrogens with one attached hydrogen (secondary N) is 1. The van der Waals surface area contributed by atoms with Crippen LogP contribution in [-0.2, 0) is 6.42 Å². The fourth-order valence-electron chi connectivity index (χ4n) is 2.36. The van der Waals surface area contributed by atoms with Crippen molar-refractivity contribution >= 4 is 23.2 Å². The summed E-state index contributed by atoms with van der Waals surface area (Å²) in [4.78, 5) is 0. The molecule has 0 amide bonds. The summed E-state index contributed by atoms with van der Waals surface area (Å²) < 4.78 is 0. The first kappa shape index (κ1) is 16.3. The van der Waals surface area contributed by atoms with Gasteiger partial charge in [-0.3, -0.25) is 0 Å². The highest BCUT2D eigenvalue weighted by Gasteiger charge is 2.15. The highest BCUT2D eigenvalue weighted by atomic mass is 35.5. The second-order valence-corrected chi connectivity index (χ2v) is 5.97. The standard InChI is InChI=1S/C17H19Cl2NO/c1-12(16-10-14(18)7-8-17(16)19)20-15(11-21)9-13-5-3-2-4-6-13/h2-8,10,12,15,20-21H,9,11H2,1H3/t12?,15-/m1/s1. The number of rotatable bonds is 6. The lowest BCUT2D eigenvalue weighted by molar-refractivity contribution is 0.232. The van der Waals surface area contributed by atoms with Gasteiger partial charge in [0.15, 0.2) is 0 Å². The molecule has 0 heterocycles. The zero-order valence-corrected chi connectivity index (χ0v) is 13.4. The number of hydrogen-bond donors (Lipinski definition) is 2. The van der Waals surface area contributed by atoms with Crippen molar-refractivity contribution in [3.63, 3.8) is 0 Å². The largest absolute Gasteiger partial charge is 0.395 e. The van der Waals surface area contributed by atoms with Crippen LogP contribution in [0.5, 0.6) is 0 Å². The van der Waals surface area contributed by atoms with E-state index >= 15 is 0 Å². The zero-order valence-electron chi connectivity index (χ0n) is 11.9. The molecule has 0 fully saturated rings. The molecule has 0 aromatic heterocycles. The molecule has 0 bridgehead atoms. The predicted molar refractivity (Wildman–Crippen MR) is 89.0 cm³/mol. The molecule has 2 N–H and O–H groups in total. The maximum atomic E-state index is 9.59. The van der Waals surface area contributed by atoms with Crippen molar-refractivity contribution < 1.29 is 5.11 Å². The van der Waals surface area contributed by atoms with Crippen LogP contribution in [0, 0.1) is 0 Å². The number of aliphatic hydroxyl groups is 1. The van der Waals surface area contributed by atoms with Crippen molar-refractivity contribution in [2.75, 3.05) is 6.61 Å². The molecule has 2 nitrogen and oxygen atoms in total. The van der Waals surface area contributed by atoms with Crippen LogP contribution in [0.1, 0.15) is 24.1 Å². The van der Waals surface area contributed by atoms with Crippen LogP contribution in [0.4, 0.5) is 0 Å². The average molecular weight is 324 g/mol. The van der Waals surface area contributed by atoms with Crippen molar-refractivity contribution in [1.82, 2.24) is 5.32 Å². The molecule has 4 heteroatoms. The van der Waals surface area contributed by atoms with Gasteiger partial charge in [0.25, 0.3) is 0 Å². The third-order valence-electron chi connectivity index (χ3n) is 3.46. The van der Waals surface area contributed by atoms with E-state index in [1.165, 1.54) is 5.56 Å². The van der Waals surface area contributed by atoms with E-state index in [1.54, 1.807) is 12.1 Å². The molecule has 0 aliphatic carbocycles. The van der Waals surface area contributed by atoms with Crippen LogP contribution >= 0.6 is 23.2 Å². The molecule has 2 rings (SSSR count). The van der Waals surface area contributed by atoms with E-state index in [4.69, 9.17) is 23.2 Å². The first-order valence-electron chi connectivity index (χ1n) is 6.96. The van der Waals surface area contributed by atoms with Crippen molar-refractivity contribution in [3.05, 3.63) is 69.7 Å². The third kappa shape index (κ3) is 4.72.